The largest absolute Gasteiger partial charge is 0.416 e. The van der Waals surface area contributed by atoms with Crippen molar-refractivity contribution in [1.82, 2.24) is 18.9 Å². The molecule has 0 saturated carbocycles. The van der Waals surface area contributed by atoms with Gasteiger partial charge in [-0.05, 0) is 24.3 Å². The average Bonchev–Trinajstić information content (AvgIpc) is 3.47. The third kappa shape index (κ3) is 5.74. The van der Waals surface area contributed by atoms with Gasteiger partial charge in [0, 0.05) is 19.2 Å². The van der Waals surface area contributed by atoms with Gasteiger partial charge in [0.25, 0.3) is 22.4 Å². The Balaban J connectivity index is 1.71. The number of amides is 1. The number of sulfonamides is 1. The van der Waals surface area contributed by atoms with Crippen molar-refractivity contribution in [2.24, 2.45) is 0 Å². The number of carbonyl (C=O) groups is 1. The lowest BCUT2D eigenvalue weighted by Crippen LogP contribution is -2.29. The number of benzene rings is 1. The highest BCUT2D eigenvalue weighted by Gasteiger charge is 2.30. The minimum absolute atomic E-state index is 0.0858. The fourth-order valence-corrected chi connectivity index (χ4v) is 6.45. The summed E-state index contributed by atoms with van der Waals surface area (Å²) >= 11 is 6.78. The van der Waals surface area contributed by atoms with Gasteiger partial charge >= 0.3 is 6.18 Å². The van der Waals surface area contributed by atoms with Gasteiger partial charge in [0.1, 0.15) is 19.8 Å². The van der Waals surface area contributed by atoms with Crippen molar-refractivity contribution in [3.05, 3.63) is 63.8 Å². The second kappa shape index (κ2) is 10.8. The fourth-order valence-electron chi connectivity index (χ4n) is 3.44. The standard InChI is InChI=1S/C22H17ClF5N5O4S2/c1-32(6-7-34)39(36,37)17-9-15(18(23)38-17)31-21(35)13-10-29-33-16(19(24)25)8-14(30-20(13)33)11-2-4-12(5-3-11)22(26,27)28/h2-5,8-10,19,34H,6-7H2,1H3,(H,31,35). The Morgan fingerprint density at radius 2 is 1.90 bits per heavy atom. The summed E-state index contributed by atoms with van der Waals surface area (Å²) < 4.78 is 93.0. The number of nitrogens with one attached hydrogen (secondary N) is 1. The highest BCUT2D eigenvalue weighted by molar-refractivity contribution is 7.91. The second-order valence-electron chi connectivity index (χ2n) is 7.99. The van der Waals surface area contributed by atoms with E-state index in [1.165, 1.54) is 7.05 Å². The molecule has 4 aromatic rings. The molecule has 0 aliphatic carbocycles. The number of likely N-dealkylation sites (N-methyl/N-ethyl adjacent to an activating group) is 1. The highest BCUT2D eigenvalue weighted by Crippen LogP contribution is 2.37. The van der Waals surface area contributed by atoms with E-state index in [0.29, 0.717) is 11.3 Å². The number of carbonyl (C=O) groups excluding carboxylic acids is 1. The first kappa shape index (κ1) is 28.8. The van der Waals surface area contributed by atoms with Gasteiger partial charge in [-0.1, -0.05) is 23.7 Å². The number of alkyl halides is 5. The number of hydrogen-bond donors (Lipinski definition) is 2. The number of rotatable bonds is 8. The van der Waals surface area contributed by atoms with E-state index >= 15 is 0 Å². The first-order chi connectivity index (χ1) is 18.2. The molecule has 0 aliphatic rings. The molecule has 4 rings (SSSR count). The molecule has 0 spiro atoms. The summed E-state index contributed by atoms with van der Waals surface area (Å²) in [6, 6.07) is 5.73. The number of nitrogens with zero attached hydrogens (tertiary/aromatic N) is 4. The minimum atomic E-state index is -4.60. The molecule has 0 bridgehead atoms. The lowest BCUT2D eigenvalue weighted by Gasteiger charge is -2.13. The Labute approximate surface area is 226 Å². The van der Waals surface area contributed by atoms with Crippen LogP contribution in [0, 0.1) is 0 Å². The van der Waals surface area contributed by atoms with Crippen molar-refractivity contribution >= 4 is 50.2 Å². The quantitative estimate of drug-likeness (QED) is 0.274. The van der Waals surface area contributed by atoms with Crippen molar-refractivity contribution in [2.75, 3.05) is 25.5 Å². The molecule has 9 nitrogen and oxygen atoms in total. The third-order valence-corrected chi connectivity index (χ3v) is 9.13. The molecule has 0 unspecified atom stereocenters. The van der Waals surface area contributed by atoms with Gasteiger partial charge in [0.2, 0.25) is 0 Å². The number of aliphatic hydroxyl groups is 1. The molecule has 1 aromatic carbocycles. The van der Waals surface area contributed by atoms with Crippen LogP contribution in [-0.2, 0) is 16.2 Å². The van der Waals surface area contributed by atoms with Gasteiger partial charge in [0.05, 0.1) is 29.7 Å². The Kier molecular flexibility index (Phi) is 7.96. The number of thiophene rings is 1. The van der Waals surface area contributed by atoms with Crippen LogP contribution in [0.3, 0.4) is 0 Å². The number of hydrogen-bond acceptors (Lipinski definition) is 7. The smallest absolute Gasteiger partial charge is 0.395 e. The Morgan fingerprint density at radius 1 is 1.23 bits per heavy atom. The summed E-state index contributed by atoms with van der Waals surface area (Å²) in [5, 5.41) is 15.2. The van der Waals surface area contributed by atoms with Crippen LogP contribution in [0.15, 0.2) is 46.8 Å². The van der Waals surface area contributed by atoms with Crippen LogP contribution in [0.5, 0.6) is 0 Å². The summed E-state index contributed by atoms with van der Waals surface area (Å²) in [6.45, 7) is -0.601. The lowest BCUT2D eigenvalue weighted by atomic mass is 10.1. The molecule has 0 fully saturated rings. The zero-order chi connectivity index (χ0) is 28.7. The predicted octanol–water partition coefficient (Wildman–Crippen LogP) is 4.93. The molecule has 0 atom stereocenters. The summed E-state index contributed by atoms with van der Waals surface area (Å²) in [7, 11) is -2.77. The van der Waals surface area contributed by atoms with Crippen LogP contribution in [-0.4, -0.2) is 58.5 Å². The van der Waals surface area contributed by atoms with Gasteiger partial charge in [-0.3, -0.25) is 4.79 Å². The van der Waals surface area contributed by atoms with E-state index in [1.807, 2.05) is 0 Å². The van der Waals surface area contributed by atoms with E-state index in [1.54, 1.807) is 0 Å². The molecule has 17 heteroatoms. The predicted molar refractivity (Wildman–Crippen MR) is 133 cm³/mol. The van der Waals surface area contributed by atoms with Gasteiger partial charge in [-0.2, -0.15) is 22.6 Å². The summed E-state index contributed by atoms with van der Waals surface area (Å²) in [5.74, 6) is -0.908. The first-order valence-corrected chi connectivity index (χ1v) is 13.4. The molecular formula is C22H17ClF5N5O4S2. The fraction of sp³-hybridized carbons (Fsp3) is 0.227. The number of halogens is 6. The highest BCUT2D eigenvalue weighted by atomic mass is 35.5. The molecule has 0 aliphatic heterocycles. The van der Waals surface area contributed by atoms with Crippen LogP contribution < -0.4 is 5.32 Å². The molecule has 0 saturated heterocycles. The molecule has 3 aromatic heterocycles. The van der Waals surface area contributed by atoms with Crippen molar-refractivity contribution in [2.45, 2.75) is 16.8 Å². The second-order valence-corrected chi connectivity index (χ2v) is 11.9. The van der Waals surface area contributed by atoms with Gasteiger partial charge in [-0.25, -0.2) is 26.7 Å². The maximum Gasteiger partial charge on any atom is 0.416 e. The van der Waals surface area contributed by atoms with Crippen molar-refractivity contribution in [1.29, 1.82) is 0 Å². The minimum Gasteiger partial charge on any atom is -0.395 e. The van der Waals surface area contributed by atoms with E-state index in [0.717, 1.165) is 51.4 Å². The number of aliphatic hydroxyl groups excluding tert-OH is 1. The Bertz CT molecular complexity index is 1640. The Hall–Kier alpha value is -3.18. The Morgan fingerprint density at radius 3 is 2.49 bits per heavy atom. The van der Waals surface area contributed by atoms with Crippen molar-refractivity contribution in [3.63, 3.8) is 0 Å². The van der Waals surface area contributed by atoms with Crippen LogP contribution in [0.2, 0.25) is 4.34 Å². The van der Waals surface area contributed by atoms with E-state index < -0.39 is 46.4 Å². The van der Waals surface area contributed by atoms with E-state index in [9.17, 15) is 35.2 Å². The van der Waals surface area contributed by atoms with Crippen LogP contribution >= 0.6 is 22.9 Å². The molecule has 3 heterocycles. The lowest BCUT2D eigenvalue weighted by molar-refractivity contribution is -0.137. The monoisotopic (exact) mass is 609 g/mol. The maximum absolute atomic E-state index is 13.8. The average molecular weight is 610 g/mol. The summed E-state index contributed by atoms with van der Waals surface area (Å²) in [6.07, 6.45) is -6.71. The number of aromatic nitrogens is 3. The van der Waals surface area contributed by atoms with E-state index in [-0.39, 0.29) is 43.2 Å². The zero-order valence-corrected chi connectivity index (χ0v) is 22.0. The summed E-state index contributed by atoms with van der Waals surface area (Å²) in [5.41, 5.74) is -2.34. The number of anilines is 1. The normalized spacial score (nSPS) is 12.6. The SMILES string of the molecule is CN(CCO)S(=O)(=O)c1cc(NC(=O)c2cnn3c(C(F)F)cc(-c4ccc(C(F)(F)F)cc4)nc23)c(Cl)s1. The van der Waals surface area contributed by atoms with E-state index in [2.05, 4.69) is 15.4 Å². The molecule has 39 heavy (non-hydrogen) atoms. The van der Waals surface area contributed by atoms with Crippen molar-refractivity contribution in [3.8, 4) is 11.3 Å². The van der Waals surface area contributed by atoms with Crippen LogP contribution in [0.25, 0.3) is 16.9 Å². The molecular weight excluding hydrogens is 593 g/mol. The van der Waals surface area contributed by atoms with E-state index in [4.69, 9.17) is 16.7 Å². The molecule has 2 N–H and O–H groups in total. The van der Waals surface area contributed by atoms with Crippen LogP contribution in [0.4, 0.5) is 27.6 Å². The maximum atomic E-state index is 13.8. The third-order valence-electron chi connectivity index (χ3n) is 5.47. The molecule has 208 valence electrons. The van der Waals surface area contributed by atoms with Crippen molar-refractivity contribution < 1.29 is 40.3 Å². The molecule has 0 radical (unpaired) electrons. The van der Waals surface area contributed by atoms with Gasteiger partial charge in [-0.15, -0.1) is 11.3 Å². The molecule has 1 amide bonds. The topological polar surface area (TPSA) is 117 Å². The van der Waals surface area contributed by atoms with Crippen LogP contribution in [0.1, 0.15) is 28.0 Å². The number of fused-ring (bicyclic) bond motifs is 1. The van der Waals surface area contributed by atoms with Gasteiger partial charge < -0.3 is 10.4 Å². The zero-order valence-electron chi connectivity index (χ0n) is 19.6. The van der Waals surface area contributed by atoms with Gasteiger partial charge in [0.15, 0.2) is 5.65 Å². The summed E-state index contributed by atoms with van der Waals surface area (Å²) in [4.78, 5) is 17.2. The first-order valence-electron chi connectivity index (χ1n) is 10.8.